The summed E-state index contributed by atoms with van der Waals surface area (Å²) in [6.07, 6.45) is 1.04. The summed E-state index contributed by atoms with van der Waals surface area (Å²) >= 11 is 0. The summed E-state index contributed by atoms with van der Waals surface area (Å²) in [5, 5.41) is 0. The van der Waals surface area contributed by atoms with Crippen LogP contribution < -0.4 is 15.4 Å². The number of methoxy groups -OCH3 is 1. The fourth-order valence-corrected chi connectivity index (χ4v) is 1.82. The minimum absolute atomic E-state index is 0.390. The summed E-state index contributed by atoms with van der Waals surface area (Å²) in [6, 6.07) is 4.16. The predicted molar refractivity (Wildman–Crippen MR) is 78.8 cm³/mol. The Morgan fingerprint density at radius 2 is 2.11 bits per heavy atom. The van der Waals surface area contributed by atoms with Gasteiger partial charge in [0.15, 0.2) is 0 Å². The molecule has 1 unspecified atom stereocenters. The molecule has 2 N–H and O–H groups in total. The first-order valence-corrected chi connectivity index (χ1v) is 6.78. The van der Waals surface area contributed by atoms with Gasteiger partial charge in [-0.15, -0.1) is 0 Å². The highest BCUT2D eigenvalue weighted by Crippen LogP contribution is 2.24. The van der Waals surface area contributed by atoms with Gasteiger partial charge >= 0.3 is 0 Å². The van der Waals surface area contributed by atoms with Crippen molar-refractivity contribution in [3.63, 3.8) is 0 Å². The van der Waals surface area contributed by atoms with E-state index in [1.807, 2.05) is 19.1 Å². The highest BCUT2D eigenvalue weighted by Gasteiger charge is 2.15. The molecule has 1 aromatic heterocycles. The molecule has 0 fully saturated rings. The lowest BCUT2D eigenvalue weighted by Crippen LogP contribution is -2.36. The second-order valence-corrected chi connectivity index (χ2v) is 4.44. The van der Waals surface area contributed by atoms with Crippen LogP contribution in [-0.4, -0.2) is 37.9 Å². The number of aromatic nitrogens is 1. The Morgan fingerprint density at radius 3 is 2.68 bits per heavy atom. The van der Waals surface area contributed by atoms with E-state index in [2.05, 4.69) is 23.7 Å². The van der Waals surface area contributed by atoms with Crippen molar-refractivity contribution in [2.24, 2.45) is 0 Å². The fraction of sp³-hybridized carbons (Fsp3) is 0.643. The largest absolute Gasteiger partial charge is 0.476 e. The highest BCUT2D eigenvalue weighted by atomic mass is 16.5. The number of pyridine rings is 1. The lowest BCUT2D eigenvalue weighted by Gasteiger charge is -2.29. The molecule has 0 bridgehead atoms. The van der Waals surface area contributed by atoms with Crippen molar-refractivity contribution in [3.8, 4) is 5.88 Å². The van der Waals surface area contributed by atoms with Crippen LogP contribution in [0.2, 0.25) is 0 Å². The van der Waals surface area contributed by atoms with E-state index in [1.165, 1.54) is 0 Å². The SMILES string of the molecule is CCOc1nc(N(CCOC)C(C)CC)ccc1N. The number of anilines is 2. The number of nitrogens with two attached hydrogens (primary N) is 1. The van der Waals surface area contributed by atoms with Crippen LogP contribution in [0.4, 0.5) is 11.5 Å². The molecule has 0 aliphatic carbocycles. The first-order valence-electron chi connectivity index (χ1n) is 6.78. The van der Waals surface area contributed by atoms with Crippen molar-refractivity contribution in [1.29, 1.82) is 0 Å². The summed E-state index contributed by atoms with van der Waals surface area (Å²) in [6.45, 7) is 8.28. The standard InChI is InChI=1S/C14H25N3O2/c1-5-11(3)17(9-10-18-4)13-8-7-12(15)14(16-13)19-6-2/h7-8,11H,5-6,9-10,15H2,1-4H3. The third-order valence-corrected chi connectivity index (χ3v) is 3.11. The summed E-state index contributed by atoms with van der Waals surface area (Å²) in [5.41, 5.74) is 6.42. The van der Waals surface area contributed by atoms with Crippen molar-refractivity contribution in [3.05, 3.63) is 12.1 Å². The van der Waals surface area contributed by atoms with Crippen molar-refractivity contribution in [2.75, 3.05) is 37.5 Å². The van der Waals surface area contributed by atoms with Gasteiger partial charge in [-0.2, -0.15) is 4.98 Å². The minimum atomic E-state index is 0.390. The Kier molecular flexibility index (Phi) is 6.42. The van der Waals surface area contributed by atoms with Gasteiger partial charge in [0.05, 0.1) is 18.9 Å². The van der Waals surface area contributed by atoms with E-state index in [0.717, 1.165) is 18.8 Å². The minimum Gasteiger partial charge on any atom is -0.476 e. The smallest absolute Gasteiger partial charge is 0.239 e. The quantitative estimate of drug-likeness (QED) is 0.783. The molecule has 0 saturated carbocycles. The molecule has 0 radical (unpaired) electrons. The van der Waals surface area contributed by atoms with Gasteiger partial charge in [-0.1, -0.05) is 6.92 Å². The molecule has 1 rings (SSSR count). The molecule has 5 nitrogen and oxygen atoms in total. The zero-order valence-electron chi connectivity index (χ0n) is 12.3. The van der Waals surface area contributed by atoms with Crippen LogP contribution in [0.3, 0.4) is 0 Å². The molecule has 0 aromatic carbocycles. The fourth-order valence-electron chi connectivity index (χ4n) is 1.82. The average molecular weight is 267 g/mol. The number of rotatable bonds is 8. The molecule has 5 heteroatoms. The van der Waals surface area contributed by atoms with Crippen LogP contribution in [0.15, 0.2) is 12.1 Å². The van der Waals surface area contributed by atoms with Gasteiger partial charge in [-0.3, -0.25) is 0 Å². The molecule has 1 aromatic rings. The summed E-state index contributed by atoms with van der Waals surface area (Å²) in [4.78, 5) is 6.72. The van der Waals surface area contributed by atoms with Crippen LogP contribution in [0, 0.1) is 0 Å². The van der Waals surface area contributed by atoms with E-state index in [9.17, 15) is 0 Å². The third kappa shape index (κ3) is 4.28. The Labute approximate surface area is 115 Å². The number of nitrogens with zero attached hydrogens (tertiary/aromatic N) is 2. The molecule has 0 saturated heterocycles. The van der Waals surface area contributed by atoms with E-state index < -0.39 is 0 Å². The third-order valence-electron chi connectivity index (χ3n) is 3.11. The molecule has 108 valence electrons. The average Bonchev–Trinajstić information content (AvgIpc) is 2.42. The molecule has 0 aliphatic heterocycles. The van der Waals surface area contributed by atoms with Gasteiger partial charge in [-0.25, -0.2) is 0 Å². The van der Waals surface area contributed by atoms with E-state index >= 15 is 0 Å². The van der Waals surface area contributed by atoms with E-state index in [1.54, 1.807) is 7.11 Å². The van der Waals surface area contributed by atoms with Crippen LogP contribution in [0.1, 0.15) is 27.2 Å². The lowest BCUT2D eigenvalue weighted by molar-refractivity contribution is 0.203. The van der Waals surface area contributed by atoms with Gasteiger partial charge in [0.2, 0.25) is 5.88 Å². The van der Waals surface area contributed by atoms with E-state index in [4.69, 9.17) is 15.2 Å². The maximum atomic E-state index is 5.85. The Morgan fingerprint density at radius 1 is 1.37 bits per heavy atom. The molecule has 1 atom stereocenters. The van der Waals surface area contributed by atoms with Crippen molar-refractivity contribution < 1.29 is 9.47 Å². The van der Waals surface area contributed by atoms with Crippen molar-refractivity contribution in [1.82, 2.24) is 4.98 Å². The zero-order chi connectivity index (χ0) is 14.3. The first-order chi connectivity index (χ1) is 9.13. The number of hydrogen-bond acceptors (Lipinski definition) is 5. The first kappa shape index (κ1) is 15.6. The number of hydrogen-bond donors (Lipinski definition) is 1. The van der Waals surface area contributed by atoms with E-state index in [-0.39, 0.29) is 0 Å². The Hall–Kier alpha value is -1.49. The second-order valence-electron chi connectivity index (χ2n) is 4.44. The molecule has 0 amide bonds. The van der Waals surface area contributed by atoms with Crippen LogP contribution in [0.25, 0.3) is 0 Å². The lowest BCUT2D eigenvalue weighted by atomic mass is 10.2. The maximum absolute atomic E-state index is 5.85. The molecule has 19 heavy (non-hydrogen) atoms. The Balaban J connectivity index is 2.97. The van der Waals surface area contributed by atoms with E-state index in [0.29, 0.717) is 30.8 Å². The number of ether oxygens (including phenoxy) is 2. The van der Waals surface area contributed by atoms with Gasteiger partial charge < -0.3 is 20.1 Å². The molecule has 0 spiro atoms. The molecule has 0 aliphatic rings. The van der Waals surface area contributed by atoms with Crippen molar-refractivity contribution in [2.45, 2.75) is 33.2 Å². The second kappa shape index (κ2) is 7.84. The monoisotopic (exact) mass is 267 g/mol. The van der Waals surface area contributed by atoms with Crippen LogP contribution in [-0.2, 0) is 4.74 Å². The van der Waals surface area contributed by atoms with Gasteiger partial charge in [0, 0.05) is 19.7 Å². The topological polar surface area (TPSA) is 60.6 Å². The maximum Gasteiger partial charge on any atom is 0.239 e. The zero-order valence-corrected chi connectivity index (χ0v) is 12.3. The molecular formula is C14H25N3O2. The molecule has 1 heterocycles. The van der Waals surface area contributed by atoms with Gasteiger partial charge in [0.25, 0.3) is 0 Å². The molecular weight excluding hydrogens is 242 g/mol. The Bertz CT molecular complexity index is 385. The summed E-state index contributed by atoms with van der Waals surface area (Å²) in [5.74, 6) is 1.38. The highest BCUT2D eigenvalue weighted by molar-refractivity contribution is 5.54. The van der Waals surface area contributed by atoms with Crippen LogP contribution >= 0.6 is 0 Å². The van der Waals surface area contributed by atoms with Gasteiger partial charge in [0.1, 0.15) is 5.82 Å². The van der Waals surface area contributed by atoms with Gasteiger partial charge in [-0.05, 0) is 32.4 Å². The van der Waals surface area contributed by atoms with Crippen molar-refractivity contribution >= 4 is 11.5 Å². The number of nitrogen functional groups attached to an aromatic ring is 1. The summed E-state index contributed by atoms with van der Waals surface area (Å²) in [7, 11) is 1.71. The normalized spacial score (nSPS) is 12.2. The predicted octanol–water partition coefficient (Wildman–Crippen LogP) is 2.31. The van der Waals surface area contributed by atoms with Crippen LogP contribution in [0.5, 0.6) is 5.88 Å². The summed E-state index contributed by atoms with van der Waals surface area (Å²) < 4.78 is 10.6.